The van der Waals surface area contributed by atoms with Crippen molar-refractivity contribution in [2.45, 2.75) is 31.3 Å². The van der Waals surface area contributed by atoms with Gasteiger partial charge < -0.3 is 19.7 Å². The number of nitrogens with zero attached hydrogens (tertiary/aromatic N) is 1. The molecule has 1 spiro atoms. The molecule has 2 amide bonds. The predicted octanol–water partition coefficient (Wildman–Crippen LogP) is 1.60. The molecule has 2 aliphatic heterocycles. The Morgan fingerprint density at radius 3 is 2.69 bits per heavy atom. The van der Waals surface area contributed by atoms with Crippen LogP contribution in [0.15, 0.2) is 30.3 Å². The van der Waals surface area contributed by atoms with E-state index in [1.54, 1.807) is 4.90 Å². The highest BCUT2D eigenvalue weighted by atomic mass is 16.5. The van der Waals surface area contributed by atoms with E-state index in [2.05, 4.69) is 5.32 Å². The molecule has 2 saturated heterocycles. The zero-order valence-corrected chi connectivity index (χ0v) is 15.0. The summed E-state index contributed by atoms with van der Waals surface area (Å²) in [6.07, 6.45) is 3.87. The summed E-state index contributed by atoms with van der Waals surface area (Å²) >= 11 is 0. The van der Waals surface area contributed by atoms with Gasteiger partial charge in [-0.2, -0.15) is 0 Å². The van der Waals surface area contributed by atoms with Gasteiger partial charge in [0.15, 0.2) is 6.61 Å². The molecule has 26 heavy (non-hydrogen) atoms. The maximum Gasteiger partial charge on any atom is 0.260 e. The van der Waals surface area contributed by atoms with Crippen LogP contribution < -0.4 is 10.1 Å². The molecule has 6 nitrogen and oxygen atoms in total. The zero-order chi connectivity index (χ0) is 18.0. The number of hydrogen-bond acceptors (Lipinski definition) is 4. The minimum Gasteiger partial charge on any atom is -0.484 e. The van der Waals surface area contributed by atoms with Crippen molar-refractivity contribution in [3.63, 3.8) is 0 Å². The Morgan fingerprint density at radius 1 is 1.19 bits per heavy atom. The number of carbonyl (C=O) groups excluding carboxylic acids is 2. The number of rotatable bonds is 7. The van der Waals surface area contributed by atoms with Crippen LogP contribution in [0.5, 0.6) is 5.75 Å². The van der Waals surface area contributed by atoms with Crippen LogP contribution in [0, 0.1) is 11.8 Å². The molecule has 1 saturated carbocycles. The number of nitrogens with one attached hydrogen (secondary N) is 1. The van der Waals surface area contributed by atoms with Crippen molar-refractivity contribution in [2.75, 3.05) is 32.8 Å². The van der Waals surface area contributed by atoms with Crippen molar-refractivity contribution in [3.8, 4) is 5.75 Å². The molecule has 140 valence electrons. The molecule has 3 aliphatic rings. The first-order valence-electron chi connectivity index (χ1n) is 9.48. The van der Waals surface area contributed by atoms with Gasteiger partial charge >= 0.3 is 0 Å². The first kappa shape index (κ1) is 17.3. The molecule has 2 heterocycles. The molecule has 6 heteroatoms. The SMILES string of the molecule is O=C(CC1COC2(C1)CN(C(=O)COc1ccccc1)C2)NCC1CC1. The van der Waals surface area contributed by atoms with Crippen molar-refractivity contribution in [3.05, 3.63) is 30.3 Å². The van der Waals surface area contributed by atoms with Crippen LogP contribution in [0.25, 0.3) is 0 Å². The van der Waals surface area contributed by atoms with Gasteiger partial charge in [-0.15, -0.1) is 0 Å². The first-order chi connectivity index (χ1) is 12.6. The van der Waals surface area contributed by atoms with Crippen molar-refractivity contribution < 1.29 is 19.1 Å². The number of hydrogen-bond donors (Lipinski definition) is 1. The highest BCUT2D eigenvalue weighted by Crippen LogP contribution is 2.39. The van der Waals surface area contributed by atoms with Gasteiger partial charge in [0, 0.05) is 13.0 Å². The van der Waals surface area contributed by atoms with Crippen molar-refractivity contribution >= 4 is 11.8 Å². The summed E-state index contributed by atoms with van der Waals surface area (Å²) in [5.41, 5.74) is -0.246. The molecule has 4 rings (SSSR count). The molecule has 0 radical (unpaired) electrons. The van der Waals surface area contributed by atoms with Crippen LogP contribution in [0.2, 0.25) is 0 Å². The van der Waals surface area contributed by atoms with Crippen LogP contribution >= 0.6 is 0 Å². The third-order valence-corrected chi connectivity index (χ3v) is 5.46. The molecule has 1 aromatic carbocycles. The maximum atomic E-state index is 12.2. The average Bonchev–Trinajstić information content (AvgIpc) is 3.36. The number of benzene rings is 1. The lowest BCUT2D eigenvalue weighted by molar-refractivity contribution is -0.159. The lowest BCUT2D eigenvalue weighted by Gasteiger charge is -2.47. The molecule has 0 aromatic heterocycles. The van der Waals surface area contributed by atoms with Gasteiger partial charge in [0.25, 0.3) is 5.91 Å². The van der Waals surface area contributed by atoms with E-state index >= 15 is 0 Å². The largest absolute Gasteiger partial charge is 0.484 e. The third kappa shape index (κ3) is 4.18. The Kier molecular flexibility index (Phi) is 4.85. The van der Waals surface area contributed by atoms with E-state index < -0.39 is 0 Å². The first-order valence-corrected chi connectivity index (χ1v) is 9.48. The Balaban J connectivity index is 1.16. The van der Waals surface area contributed by atoms with Gasteiger partial charge in [0.2, 0.25) is 5.91 Å². The summed E-state index contributed by atoms with van der Waals surface area (Å²) in [5.74, 6) is 1.77. The van der Waals surface area contributed by atoms with Crippen LogP contribution in [0.3, 0.4) is 0 Å². The predicted molar refractivity (Wildman–Crippen MR) is 95.7 cm³/mol. The summed E-state index contributed by atoms with van der Waals surface area (Å²) < 4.78 is 11.5. The maximum absolute atomic E-state index is 12.2. The fraction of sp³-hybridized carbons (Fsp3) is 0.600. The summed E-state index contributed by atoms with van der Waals surface area (Å²) in [6.45, 7) is 2.68. The average molecular weight is 358 g/mol. The summed E-state index contributed by atoms with van der Waals surface area (Å²) in [6, 6.07) is 9.35. The Bertz CT molecular complexity index is 653. The Labute approximate surface area is 153 Å². The quantitative estimate of drug-likeness (QED) is 0.804. The van der Waals surface area contributed by atoms with Gasteiger partial charge in [-0.3, -0.25) is 9.59 Å². The van der Waals surface area contributed by atoms with Gasteiger partial charge in [-0.1, -0.05) is 18.2 Å². The standard InChI is InChI=1S/C20H26N2O4/c23-18(21-10-15-6-7-15)8-16-9-20(26-11-16)13-22(14-20)19(24)12-25-17-4-2-1-3-5-17/h1-5,15-16H,6-14H2,(H,21,23). The third-order valence-electron chi connectivity index (χ3n) is 5.46. The minimum absolute atomic E-state index is 0.0197. The van der Waals surface area contributed by atoms with Crippen LogP contribution in [0.4, 0.5) is 0 Å². The number of ether oxygens (including phenoxy) is 2. The second kappa shape index (κ2) is 7.27. The molecule has 1 aromatic rings. The number of carbonyl (C=O) groups is 2. The highest BCUT2D eigenvalue weighted by molar-refractivity contribution is 5.79. The van der Waals surface area contributed by atoms with Crippen molar-refractivity contribution in [1.29, 1.82) is 0 Å². The molecular formula is C20H26N2O4. The molecule has 1 unspecified atom stereocenters. The van der Waals surface area contributed by atoms with E-state index in [9.17, 15) is 9.59 Å². The van der Waals surface area contributed by atoms with Crippen LogP contribution in [-0.4, -0.2) is 55.2 Å². The number of para-hydroxylation sites is 1. The minimum atomic E-state index is -0.246. The summed E-state index contributed by atoms with van der Waals surface area (Å²) in [7, 11) is 0. The van der Waals surface area contributed by atoms with Crippen molar-refractivity contribution in [1.82, 2.24) is 10.2 Å². The Morgan fingerprint density at radius 2 is 1.96 bits per heavy atom. The summed E-state index contributed by atoms with van der Waals surface area (Å²) in [5, 5.41) is 3.02. The highest BCUT2D eigenvalue weighted by Gasteiger charge is 2.51. The van der Waals surface area contributed by atoms with Crippen molar-refractivity contribution in [2.24, 2.45) is 11.8 Å². The smallest absolute Gasteiger partial charge is 0.260 e. The fourth-order valence-electron chi connectivity index (χ4n) is 3.78. The molecular weight excluding hydrogens is 332 g/mol. The fourth-order valence-corrected chi connectivity index (χ4v) is 3.78. The lowest BCUT2D eigenvalue weighted by atomic mass is 9.86. The van der Waals surface area contributed by atoms with Gasteiger partial charge in [0.05, 0.1) is 19.7 Å². The Hall–Kier alpha value is -2.08. The lowest BCUT2D eigenvalue weighted by Crippen LogP contribution is -2.64. The second-order valence-electron chi connectivity index (χ2n) is 7.87. The van der Waals surface area contributed by atoms with Crippen LogP contribution in [-0.2, 0) is 14.3 Å². The van der Waals surface area contributed by atoms with E-state index in [-0.39, 0.29) is 29.9 Å². The van der Waals surface area contributed by atoms with E-state index in [1.807, 2.05) is 30.3 Å². The zero-order valence-electron chi connectivity index (χ0n) is 15.0. The van der Waals surface area contributed by atoms with E-state index in [4.69, 9.17) is 9.47 Å². The monoisotopic (exact) mass is 358 g/mol. The van der Waals surface area contributed by atoms with Gasteiger partial charge in [-0.05, 0) is 43.2 Å². The normalized spacial score (nSPS) is 23.5. The van der Waals surface area contributed by atoms with Crippen LogP contribution in [0.1, 0.15) is 25.7 Å². The number of amides is 2. The second-order valence-corrected chi connectivity index (χ2v) is 7.87. The van der Waals surface area contributed by atoms with E-state index in [0.29, 0.717) is 37.8 Å². The van der Waals surface area contributed by atoms with Gasteiger partial charge in [0.1, 0.15) is 11.4 Å². The molecule has 0 bridgehead atoms. The molecule has 1 atom stereocenters. The molecule has 3 fully saturated rings. The van der Waals surface area contributed by atoms with E-state index in [0.717, 1.165) is 13.0 Å². The summed E-state index contributed by atoms with van der Waals surface area (Å²) in [4.78, 5) is 26.0. The van der Waals surface area contributed by atoms with Gasteiger partial charge in [-0.25, -0.2) is 0 Å². The topological polar surface area (TPSA) is 67.9 Å². The van der Waals surface area contributed by atoms with E-state index in [1.165, 1.54) is 12.8 Å². The molecule has 1 N–H and O–H groups in total. The molecule has 1 aliphatic carbocycles. The number of likely N-dealkylation sites (tertiary alicyclic amines) is 1.